The summed E-state index contributed by atoms with van der Waals surface area (Å²) in [7, 11) is -3.87. The highest BCUT2D eigenvalue weighted by Crippen LogP contribution is 2.19. The number of esters is 1. The van der Waals surface area contributed by atoms with Gasteiger partial charge in [0.2, 0.25) is 10.0 Å². The molecule has 0 aliphatic rings. The summed E-state index contributed by atoms with van der Waals surface area (Å²) in [5.41, 5.74) is -0.130. The van der Waals surface area contributed by atoms with Crippen molar-refractivity contribution in [1.29, 1.82) is 0 Å². The first-order valence-corrected chi connectivity index (χ1v) is 8.57. The molecule has 136 valence electrons. The van der Waals surface area contributed by atoms with Crippen LogP contribution in [0.15, 0.2) is 53.4 Å². The minimum atomic E-state index is -3.87. The van der Waals surface area contributed by atoms with Gasteiger partial charge in [0.25, 0.3) is 11.6 Å². The number of primary sulfonamides is 1. The van der Waals surface area contributed by atoms with Crippen molar-refractivity contribution in [1.82, 2.24) is 5.32 Å². The number of benzene rings is 2. The van der Waals surface area contributed by atoms with Gasteiger partial charge in [-0.2, -0.15) is 0 Å². The van der Waals surface area contributed by atoms with Crippen LogP contribution >= 0.6 is 0 Å². The summed E-state index contributed by atoms with van der Waals surface area (Å²) in [6, 6.07) is 9.82. The Hall–Kier alpha value is -3.31. The number of non-ortho nitro benzene ring substituents is 1. The second-order valence-corrected chi connectivity index (χ2v) is 6.54. The quantitative estimate of drug-likeness (QED) is 0.321. The van der Waals surface area contributed by atoms with Crippen molar-refractivity contribution < 1.29 is 27.7 Å². The zero-order valence-corrected chi connectivity index (χ0v) is 13.9. The Morgan fingerprint density at radius 2 is 1.81 bits per heavy atom. The van der Waals surface area contributed by atoms with E-state index in [4.69, 9.17) is 9.88 Å². The number of rotatable bonds is 6. The molecular formula is C15H13N3O7S. The van der Waals surface area contributed by atoms with Gasteiger partial charge in [-0.1, -0.05) is 6.07 Å². The smallest absolute Gasteiger partial charge is 0.330 e. The standard InChI is InChI=1S/C15H13N3O7S/c16-26(23,24)13-6-4-10(5-7-13)15(20)17-9-14(19)25-12-3-1-2-11(8-12)18(21)22/h1-8H,9H2,(H,17,20)(H2,16,23,24). The molecule has 0 bridgehead atoms. The van der Waals surface area contributed by atoms with E-state index in [1.54, 1.807) is 0 Å². The molecule has 0 saturated carbocycles. The highest BCUT2D eigenvalue weighted by molar-refractivity contribution is 7.89. The van der Waals surface area contributed by atoms with Crippen LogP contribution in [0.4, 0.5) is 5.69 Å². The number of carbonyl (C=O) groups excluding carboxylic acids is 2. The number of hydrogen-bond donors (Lipinski definition) is 2. The molecule has 0 saturated heterocycles. The van der Waals surface area contributed by atoms with E-state index in [1.165, 1.54) is 30.3 Å². The van der Waals surface area contributed by atoms with Gasteiger partial charge in [0.1, 0.15) is 12.3 Å². The molecule has 0 heterocycles. The average molecular weight is 379 g/mol. The zero-order valence-electron chi connectivity index (χ0n) is 13.1. The van der Waals surface area contributed by atoms with E-state index >= 15 is 0 Å². The van der Waals surface area contributed by atoms with Gasteiger partial charge in [-0.15, -0.1) is 0 Å². The second-order valence-electron chi connectivity index (χ2n) is 4.98. The molecular weight excluding hydrogens is 366 g/mol. The predicted molar refractivity (Wildman–Crippen MR) is 88.9 cm³/mol. The monoisotopic (exact) mass is 379 g/mol. The molecule has 26 heavy (non-hydrogen) atoms. The third-order valence-corrected chi connectivity index (χ3v) is 4.03. The number of carbonyl (C=O) groups is 2. The lowest BCUT2D eigenvalue weighted by atomic mass is 10.2. The number of nitrogens with two attached hydrogens (primary N) is 1. The highest BCUT2D eigenvalue weighted by atomic mass is 32.2. The first-order valence-electron chi connectivity index (χ1n) is 7.03. The predicted octanol–water partition coefficient (Wildman–Crippen LogP) is 0.578. The fraction of sp³-hybridized carbons (Fsp3) is 0.0667. The second kappa shape index (κ2) is 7.72. The van der Waals surface area contributed by atoms with Crippen LogP contribution in [0.3, 0.4) is 0 Å². The summed E-state index contributed by atoms with van der Waals surface area (Å²) in [5, 5.41) is 17.9. The van der Waals surface area contributed by atoms with E-state index in [2.05, 4.69) is 5.32 Å². The normalized spacial score (nSPS) is 10.8. The van der Waals surface area contributed by atoms with E-state index in [0.717, 1.165) is 18.2 Å². The van der Waals surface area contributed by atoms with Gasteiger partial charge in [0.05, 0.1) is 15.9 Å². The molecule has 0 unspecified atom stereocenters. The maximum atomic E-state index is 11.9. The Morgan fingerprint density at radius 1 is 1.15 bits per heavy atom. The lowest BCUT2D eigenvalue weighted by Gasteiger charge is -2.06. The summed E-state index contributed by atoms with van der Waals surface area (Å²) in [5.74, 6) is -1.50. The first-order chi connectivity index (χ1) is 12.2. The Balaban J connectivity index is 1.93. The third-order valence-electron chi connectivity index (χ3n) is 3.10. The number of nitrogens with one attached hydrogen (secondary N) is 1. The van der Waals surface area contributed by atoms with Gasteiger partial charge < -0.3 is 10.1 Å². The molecule has 2 aromatic carbocycles. The molecule has 0 aliphatic heterocycles. The van der Waals surface area contributed by atoms with Crippen molar-refractivity contribution in [2.75, 3.05) is 6.54 Å². The van der Waals surface area contributed by atoms with Crippen LogP contribution in [0.5, 0.6) is 5.75 Å². The fourth-order valence-corrected chi connectivity index (χ4v) is 2.39. The number of nitro benzene ring substituents is 1. The van der Waals surface area contributed by atoms with Crippen LogP contribution in [-0.2, 0) is 14.8 Å². The van der Waals surface area contributed by atoms with Crippen LogP contribution in [0.25, 0.3) is 0 Å². The van der Waals surface area contributed by atoms with Crippen LogP contribution in [0, 0.1) is 10.1 Å². The minimum absolute atomic E-state index is 0.0315. The number of nitrogens with zero attached hydrogens (tertiary/aromatic N) is 1. The maximum absolute atomic E-state index is 11.9. The molecule has 0 atom stereocenters. The molecule has 1 amide bonds. The summed E-state index contributed by atoms with van der Waals surface area (Å²) in [6.07, 6.45) is 0. The van der Waals surface area contributed by atoms with Crippen LogP contribution < -0.4 is 15.2 Å². The maximum Gasteiger partial charge on any atom is 0.330 e. The van der Waals surface area contributed by atoms with Crippen molar-refractivity contribution in [3.8, 4) is 5.75 Å². The molecule has 3 N–H and O–H groups in total. The first kappa shape index (κ1) is 19.0. The minimum Gasteiger partial charge on any atom is -0.425 e. The molecule has 0 radical (unpaired) electrons. The third kappa shape index (κ3) is 5.09. The van der Waals surface area contributed by atoms with Gasteiger partial charge in [-0.3, -0.25) is 14.9 Å². The summed E-state index contributed by atoms with van der Waals surface area (Å²) >= 11 is 0. The van der Waals surface area contributed by atoms with Crippen LogP contribution in [0.2, 0.25) is 0 Å². The number of ether oxygens (including phenoxy) is 1. The number of sulfonamides is 1. The average Bonchev–Trinajstić information content (AvgIpc) is 2.59. The Morgan fingerprint density at radius 3 is 2.38 bits per heavy atom. The largest absolute Gasteiger partial charge is 0.425 e. The van der Waals surface area contributed by atoms with Crippen molar-refractivity contribution in [2.24, 2.45) is 5.14 Å². The molecule has 2 aromatic rings. The van der Waals surface area contributed by atoms with Gasteiger partial charge in [-0.25, -0.2) is 18.4 Å². The molecule has 0 fully saturated rings. The molecule has 2 rings (SSSR count). The van der Waals surface area contributed by atoms with E-state index in [0.29, 0.717) is 0 Å². The zero-order chi connectivity index (χ0) is 19.3. The lowest BCUT2D eigenvalue weighted by Crippen LogP contribution is -2.31. The molecule has 11 heteroatoms. The van der Waals surface area contributed by atoms with Crippen molar-refractivity contribution in [2.45, 2.75) is 4.90 Å². The van der Waals surface area contributed by atoms with Crippen molar-refractivity contribution >= 4 is 27.6 Å². The van der Waals surface area contributed by atoms with E-state index in [-0.39, 0.29) is 21.9 Å². The van der Waals surface area contributed by atoms with Gasteiger partial charge in [-0.05, 0) is 30.3 Å². The summed E-state index contributed by atoms with van der Waals surface area (Å²) < 4.78 is 27.2. The molecule has 0 aromatic heterocycles. The van der Waals surface area contributed by atoms with E-state index < -0.39 is 33.4 Å². The number of amides is 1. The Labute approximate surface area is 147 Å². The fourth-order valence-electron chi connectivity index (χ4n) is 1.88. The van der Waals surface area contributed by atoms with Gasteiger partial charge in [0, 0.05) is 11.6 Å². The molecule has 10 nitrogen and oxygen atoms in total. The SMILES string of the molecule is NS(=O)(=O)c1ccc(C(=O)NCC(=O)Oc2cccc([N+](=O)[O-])c2)cc1. The van der Waals surface area contributed by atoms with Crippen molar-refractivity contribution in [3.05, 3.63) is 64.2 Å². The Kier molecular flexibility index (Phi) is 5.64. The van der Waals surface area contributed by atoms with E-state index in [9.17, 15) is 28.1 Å². The highest BCUT2D eigenvalue weighted by Gasteiger charge is 2.13. The molecule has 0 spiro atoms. The number of nitro groups is 1. The van der Waals surface area contributed by atoms with Crippen molar-refractivity contribution in [3.63, 3.8) is 0 Å². The van der Waals surface area contributed by atoms with Crippen LogP contribution in [0.1, 0.15) is 10.4 Å². The number of hydrogen-bond acceptors (Lipinski definition) is 7. The topological polar surface area (TPSA) is 159 Å². The Bertz CT molecular complexity index is 955. The lowest BCUT2D eigenvalue weighted by molar-refractivity contribution is -0.384. The molecule has 0 aliphatic carbocycles. The van der Waals surface area contributed by atoms with Crippen LogP contribution in [-0.4, -0.2) is 31.8 Å². The van der Waals surface area contributed by atoms with Gasteiger partial charge >= 0.3 is 5.97 Å². The van der Waals surface area contributed by atoms with Gasteiger partial charge in [0.15, 0.2) is 0 Å². The van der Waals surface area contributed by atoms with E-state index in [1.807, 2.05) is 0 Å². The summed E-state index contributed by atoms with van der Waals surface area (Å²) in [4.78, 5) is 33.5. The summed E-state index contributed by atoms with van der Waals surface area (Å²) in [6.45, 7) is -0.488.